The number of fused-ring (bicyclic) bond motifs is 8. The molecule has 0 spiro atoms. The lowest BCUT2D eigenvalue weighted by Gasteiger charge is -2.38. The fourth-order valence-corrected chi connectivity index (χ4v) is 21.5. The van der Waals surface area contributed by atoms with Crippen molar-refractivity contribution in [2.24, 2.45) is 0 Å². The van der Waals surface area contributed by atoms with Crippen LogP contribution in [0.2, 0.25) is 0 Å². The monoisotopic (exact) mass is 1730 g/mol. The van der Waals surface area contributed by atoms with Crippen LogP contribution in [0.1, 0.15) is 201 Å². The molecule has 0 N–H and O–H groups in total. The van der Waals surface area contributed by atoms with Crippen LogP contribution in [-0.2, 0) is 103 Å². The average Bonchev–Trinajstić information content (AvgIpc) is 0.685. The van der Waals surface area contributed by atoms with Crippen molar-refractivity contribution < 1.29 is 0 Å². The summed E-state index contributed by atoms with van der Waals surface area (Å²) in [6.45, 7) is 36.2. The number of hydrogen-bond donors (Lipinski definition) is 0. The normalized spacial score (nSPS) is 12.0. The van der Waals surface area contributed by atoms with E-state index in [9.17, 15) is 0 Å². The number of aryl methyl sites for hydroxylation is 16. The number of aromatic nitrogens is 16. The summed E-state index contributed by atoms with van der Waals surface area (Å²) >= 11 is 0. The topological polar surface area (TPSA) is 219 Å². The lowest BCUT2D eigenvalue weighted by molar-refractivity contribution is 0.973. The number of rotatable bonds is 28. The van der Waals surface area contributed by atoms with Crippen LogP contribution in [0.25, 0.3) is 120 Å². The highest BCUT2D eigenvalue weighted by Gasteiger charge is 2.40. The highest BCUT2D eigenvalue weighted by atomic mass is 15.2. The molecule has 0 aliphatic heterocycles. The maximum absolute atomic E-state index is 5.87. The van der Waals surface area contributed by atoms with Gasteiger partial charge in [-0.3, -0.25) is 49.8 Å². The molecule has 0 aliphatic carbocycles. The molecule has 658 valence electrons. The van der Waals surface area contributed by atoms with E-state index in [-0.39, 0.29) is 0 Å². The first-order chi connectivity index (χ1) is 64.8. The van der Waals surface area contributed by atoms with Crippen molar-refractivity contribution in [2.75, 3.05) is 19.6 Å². The third kappa shape index (κ3) is 13.5. The number of benzene rings is 4. The van der Waals surface area contributed by atoms with Crippen molar-refractivity contribution in [1.29, 1.82) is 0 Å². The second-order valence-electron chi connectivity index (χ2n) is 34.0. The Balaban J connectivity index is 1.12. The zero-order chi connectivity index (χ0) is 91.0. The molecule has 0 fully saturated rings. The maximum Gasteiger partial charge on any atom is 0.0939 e. The Morgan fingerprint density at radius 3 is 0.568 bits per heavy atom. The highest BCUT2D eigenvalue weighted by Crippen LogP contribution is 2.61. The molecule has 0 saturated carbocycles. The van der Waals surface area contributed by atoms with Crippen LogP contribution in [0.5, 0.6) is 0 Å². The summed E-state index contributed by atoms with van der Waals surface area (Å²) in [5.41, 5.74) is 38.9. The Labute approximate surface area is 770 Å². The number of pyridine rings is 16. The summed E-state index contributed by atoms with van der Waals surface area (Å²) in [5.74, 6) is 0. The van der Waals surface area contributed by atoms with Crippen LogP contribution in [0.3, 0.4) is 0 Å². The molecule has 0 bridgehead atoms. The molecule has 16 heterocycles. The van der Waals surface area contributed by atoms with Crippen molar-refractivity contribution in [3.63, 3.8) is 0 Å². The highest BCUT2D eigenvalue weighted by molar-refractivity contribution is 6.34. The molecule has 0 saturated heterocycles. The molecule has 16 aromatic heterocycles. The van der Waals surface area contributed by atoms with Gasteiger partial charge in [-0.1, -0.05) is 135 Å². The summed E-state index contributed by atoms with van der Waals surface area (Å²) in [4.78, 5) is 99.6. The number of nitrogens with zero attached hydrogens (tertiary/aromatic N) is 20. The molecule has 0 radical (unpaired) electrons. The van der Waals surface area contributed by atoms with E-state index in [1.807, 2.05) is 98.4 Å². The molecule has 0 unspecified atom stereocenters. The van der Waals surface area contributed by atoms with Crippen LogP contribution in [-0.4, -0.2) is 79.7 Å². The van der Waals surface area contributed by atoms with Crippen LogP contribution >= 0.6 is 0 Å². The molecule has 4 aromatic carbocycles. The van der Waals surface area contributed by atoms with Crippen LogP contribution in [0.15, 0.2) is 183 Å². The van der Waals surface area contributed by atoms with Crippen LogP contribution < -0.4 is 19.6 Å². The second kappa shape index (κ2) is 35.5. The lowest BCUT2D eigenvalue weighted by Crippen LogP contribution is -2.23. The van der Waals surface area contributed by atoms with Gasteiger partial charge in [0.15, 0.2) is 0 Å². The number of anilines is 12. The summed E-state index contributed by atoms with van der Waals surface area (Å²) in [6.07, 6.45) is 28.9. The summed E-state index contributed by atoms with van der Waals surface area (Å²) < 4.78 is 0. The van der Waals surface area contributed by atoms with Crippen molar-refractivity contribution >= 4 is 189 Å². The Kier molecular flexibility index (Phi) is 23.0. The third-order valence-electron chi connectivity index (χ3n) is 27.3. The van der Waals surface area contributed by atoms with Crippen molar-refractivity contribution in [2.45, 2.75) is 214 Å². The van der Waals surface area contributed by atoms with Gasteiger partial charge in [0.2, 0.25) is 0 Å². The largest absolute Gasteiger partial charge is 0.305 e. The van der Waals surface area contributed by atoms with E-state index in [2.05, 4.69) is 215 Å². The maximum atomic E-state index is 5.87. The zero-order valence-electron chi connectivity index (χ0n) is 78.6. The minimum Gasteiger partial charge on any atom is -0.305 e. The zero-order valence-corrected chi connectivity index (χ0v) is 78.6. The number of hydrogen-bond acceptors (Lipinski definition) is 20. The van der Waals surface area contributed by atoms with Gasteiger partial charge < -0.3 is 19.6 Å². The van der Waals surface area contributed by atoms with Crippen LogP contribution in [0, 0.1) is 0 Å². The SMILES string of the molecule is CCc1nc2ccncc2c(CC)c1N(c1c(CC)nc2cccnc2c1CC)c1cc(N(c2c(CC)nc3ccncc3c2CC)c2c(CC)nc3cccnc3c2CC)c2ccc3c(N(c4c(CC)nc5cccnc5c4CC)c4c(CC)nc5cccnc5c4CC)cc(N(c4c(CC)nc5cccnc5c4CC)c4c(CC)nc5cccnc5c4CC)c4ccc1c2c43. The van der Waals surface area contributed by atoms with Gasteiger partial charge in [0.1, 0.15) is 0 Å². The Morgan fingerprint density at radius 1 is 0.189 bits per heavy atom. The second-order valence-corrected chi connectivity index (χ2v) is 34.0. The van der Waals surface area contributed by atoms with Gasteiger partial charge in [-0.2, -0.15) is 0 Å². The van der Waals surface area contributed by atoms with Gasteiger partial charge >= 0.3 is 0 Å². The molecular weight excluding hydrogens is 1630 g/mol. The Morgan fingerprint density at radius 2 is 0.379 bits per heavy atom. The Hall–Kier alpha value is -14.4. The summed E-state index contributed by atoms with van der Waals surface area (Å²) in [6, 6.07) is 43.8. The first-order valence-electron chi connectivity index (χ1n) is 47.9. The first kappa shape index (κ1) is 85.7. The third-order valence-corrected chi connectivity index (χ3v) is 27.3. The minimum atomic E-state index is 0.579. The smallest absolute Gasteiger partial charge is 0.0939 e. The Bertz CT molecular complexity index is 6700. The molecular formula is C112H110N20. The van der Waals surface area contributed by atoms with Gasteiger partial charge in [-0.05, 0) is 211 Å². The quantitative estimate of drug-likeness (QED) is 0.0416. The molecule has 0 aliphatic rings. The van der Waals surface area contributed by atoms with Crippen molar-refractivity contribution in [3.05, 3.63) is 273 Å². The van der Waals surface area contributed by atoms with E-state index in [1.54, 1.807) is 0 Å². The standard InChI is InChI=1S/C112H110N20/c1-17-63-75-61-113-57-49-85(75)121-77(25-9)105(63)129(107-65(19-3)99-87(39-33-51-115-99)123-79(107)27-11)93-59-94(130(106-64(18-2)76-62-114-58-50-86(76)122-78(106)26-10)108-66(20-4)100-88(40-34-52-116-100)124-80(108)28-12)72-46-48-74-96(132(111-69(23-7)103-91(43-37-55-119-103)127-83(111)31-15)112-70(24-8)104-92(44-38-56-120-104)128-84(112)32-16)60-95(73-47-45-71(93)97(72)98(73)74)131(109-67(21-5)101-89(41-35-53-117-101)125-81(109)29-13)110-68(22-6)102-90(42-36-54-118-102)126-82(110)30-14/h33-62H,17-32H2,1-16H3. The van der Waals surface area contributed by atoms with E-state index < -0.39 is 0 Å². The minimum absolute atomic E-state index is 0.579. The molecule has 20 rings (SSSR count). The lowest BCUT2D eigenvalue weighted by atomic mass is 9.87. The van der Waals surface area contributed by atoms with Crippen molar-refractivity contribution in [3.8, 4) is 0 Å². The van der Waals surface area contributed by atoms with Gasteiger partial charge in [-0.15, -0.1) is 0 Å². The molecule has 20 nitrogen and oxygen atoms in total. The van der Waals surface area contributed by atoms with Gasteiger partial charge in [0, 0.05) is 138 Å². The molecule has 20 heteroatoms. The van der Waals surface area contributed by atoms with Gasteiger partial charge in [-0.25, -0.2) is 29.9 Å². The summed E-state index contributed by atoms with van der Waals surface area (Å²) in [7, 11) is 0. The molecule has 20 aromatic rings. The van der Waals surface area contributed by atoms with E-state index in [0.29, 0.717) is 103 Å². The van der Waals surface area contributed by atoms with E-state index >= 15 is 0 Å². The predicted molar refractivity (Wildman–Crippen MR) is 544 cm³/mol. The van der Waals surface area contributed by atoms with Crippen LogP contribution in [0.4, 0.5) is 68.2 Å². The predicted octanol–water partition coefficient (Wildman–Crippen LogP) is 27.0. The van der Waals surface area contributed by atoms with E-state index in [4.69, 9.17) is 79.7 Å². The van der Waals surface area contributed by atoms with E-state index in [0.717, 1.165) is 279 Å². The molecule has 0 amide bonds. The fraction of sp³-hybridized carbons (Fsp3) is 0.286. The van der Waals surface area contributed by atoms with Gasteiger partial charge in [0.05, 0.1) is 191 Å². The molecule has 0 atom stereocenters. The fourth-order valence-electron chi connectivity index (χ4n) is 21.5. The first-order valence-corrected chi connectivity index (χ1v) is 47.9. The average molecular weight is 1740 g/mol. The van der Waals surface area contributed by atoms with Crippen molar-refractivity contribution in [1.82, 2.24) is 79.7 Å². The van der Waals surface area contributed by atoms with E-state index in [1.165, 1.54) is 0 Å². The summed E-state index contributed by atoms with van der Waals surface area (Å²) in [5, 5.41) is 7.85. The van der Waals surface area contributed by atoms with Gasteiger partial charge in [0.25, 0.3) is 0 Å². The molecule has 132 heavy (non-hydrogen) atoms.